The summed E-state index contributed by atoms with van der Waals surface area (Å²) >= 11 is 5.88. The second kappa shape index (κ2) is 13.0. The summed E-state index contributed by atoms with van der Waals surface area (Å²) in [5.74, 6) is -3.49. The van der Waals surface area contributed by atoms with Crippen molar-refractivity contribution < 1.29 is 37.8 Å². The molecule has 2 fully saturated rings. The maximum absolute atomic E-state index is 12.5. The van der Waals surface area contributed by atoms with Crippen LogP contribution in [0.3, 0.4) is 0 Å². The molecule has 2 aliphatic heterocycles. The highest BCUT2D eigenvalue weighted by Crippen LogP contribution is 2.30. The van der Waals surface area contributed by atoms with Crippen molar-refractivity contribution in [3.8, 4) is 0 Å². The van der Waals surface area contributed by atoms with Crippen molar-refractivity contribution in [3.05, 3.63) is 58.6 Å². The van der Waals surface area contributed by atoms with Crippen LogP contribution < -0.4 is 10.2 Å². The highest BCUT2D eigenvalue weighted by atomic mass is 35.5. The topological polar surface area (TPSA) is 110 Å². The Bertz CT molecular complexity index is 1140. The van der Waals surface area contributed by atoms with Gasteiger partial charge in [0, 0.05) is 35.9 Å². The van der Waals surface area contributed by atoms with Crippen LogP contribution in [-0.2, 0) is 4.79 Å². The predicted molar refractivity (Wildman–Crippen MR) is 137 cm³/mol. The lowest BCUT2D eigenvalue weighted by molar-refractivity contribution is -0.192. The number of nitrogens with one attached hydrogen (secondary N) is 1. The van der Waals surface area contributed by atoms with E-state index in [-0.39, 0.29) is 11.5 Å². The van der Waals surface area contributed by atoms with E-state index >= 15 is 0 Å². The number of aliphatic carboxylic acids is 1. The molecule has 1 amide bonds. The summed E-state index contributed by atoms with van der Waals surface area (Å²) in [7, 11) is 0. The number of hydrogen-bond donors (Lipinski definition) is 3. The molecule has 206 valence electrons. The van der Waals surface area contributed by atoms with E-state index in [0.717, 1.165) is 31.7 Å². The lowest BCUT2D eigenvalue weighted by atomic mass is 9.96. The molecule has 0 aromatic heterocycles. The smallest absolute Gasteiger partial charge is 0.478 e. The summed E-state index contributed by atoms with van der Waals surface area (Å²) in [6.45, 7) is 5.17. The predicted octanol–water partition coefficient (Wildman–Crippen LogP) is 5.24. The second-order valence-electron chi connectivity index (χ2n) is 9.26. The summed E-state index contributed by atoms with van der Waals surface area (Å²) in [6, 6.07) is 11.7. The fourth-order valence-electron chi connectivity index (χ4n) is 4.63. The van der Waals surface area contributed by atoms with Crippen molar-refractivity contribution in [2.45, 2.75) is 31.9 Å². The minimum absolute atomic E-state index is 0.218. The minimum atomic E-state index is -5.08. The van der Waals surface area contributed by atoms with Crippen molar-refractivity contribution in [2.24, 2.45) is 5.92 Å². The van der Waals surface area contributed by atoms with E-state index in [2.05, 4.69) is 15.1 Å². The molecule has 2 aliphatic rings. The van der Waals surface area contributed by atoms with E-state index < -0.39 is 18.1 Å². The first-order valence-corrected chi connectivity index (χ1v) is 12.5. The Labute approximate surface area is 223 Å². The van der Waals surface area contributed by atoms with Crippen LogP contribution in [0.25, 0.3) is 0 Å². The number of amides is 1. The normalized spacial score (nSPS) is 17.9. The Morgan fingerprint density at radius 1 is 0.974 bits per heavy atom. The molecule has 0 saturated carbocycles. The molecule has 1 unspecified atom stereocenters. The maximum atomic E-state index is 12.5. The zero-order chi connectivity index (χ0) is 27.9. The number of hydrogen-bond acceptors (Lipinski definition) is 5. The molecular weight excluding hydrogens is 527 g/mol. The Kier molecular flexibility index (Phi) is 9.98. The number of benzene rings is 2. The third-order valence-corrected chi connectivity index (χ3v) is 6.66. The highest BCUT2D eigenvalue weighted by Gasteiger charge is 2.38. The van der Waals surface area contributed by atoms with Crippen molar-refractivity contribution >= 4 is 40.8 Å². The van der Waals surface area contributed by atoms with E-state index in [1.807, 2.05) is 6.07 Å². The summed E-state index contributed by atoms with van der Waals surface area (Å²) in [4.78, 5) is 38.1. The molecule has 8 nitrogen and oxygen atoms in total. The Balaban J connectivity index is 0.000000505. The number of piperidine rings is 1. The van der Waals surface area contributed by atoms with Crippen LogP contribution >= 0.6 is 11.6 Å². The van der Waals surface area contributed by atoms with Gasteiger partial charge in [0.15, 0.2) is 0 Å². The zero-order valence-corrected chi connectivity index (χ0v) is 21.3. The second-order valence-corrected chi connectivity index (χ2v) is 9.70. The van der Waals surface area contributed by atoms with Crippen molar-refractivity contribution in [1.82, 2.24) is 4.90 Å². The average Bonchev–Trinajstić information content (AvgIpc) is 3.37. The lowest BCUT2D eigenvalue weighted by Crippen LogP contribution is -2.41. The number of carboxylic acids is 2. The van der Waals surface area contributed by atoms with E-state index in [0.29, 0.717) is 22.2 Å². The van der Waals surface area contributed by atoms with Crippen LogP contribution in [0, 0.1) is 5.92 Å². The summed E-state index contributed by atoms with van der Waals surface area (Å²) < 4.78 is 31.7. The first-order chi connectivity index (χ1) is 17.9. The average molecular weight is 556 g/mol. The summed E-state index contributed by atoms with van der Waals surface area (Å²) in [5, 5.41) is 20.3. The molecular formula is C26H29ClF3N3O5. The molecule has 2 aromatic rings. The molecule has 0 spiro atoms. The van der Waals surface area contributed by atoms with Crippen molar-refractivity contribution in [2.75, 3.05) is 42.9 Å². The van der Waals surface area contributed by atoms with Gasteiger partial charge >= 0.3 is 18.1 Å². The molecule has 2 saturated heterocycles. The first-order valence-electron chi connectivity index (χ1n) is 12.2. The Hall–Kier alpha value is -3.31. The number of anilines is 2. The van der Waals surface area contributed by atoms with Crippen LogP contribution in [-0.4, -0.2) is 71.9 Å². The highest BCUT2D eigenvalue weighted by molar-refractivity contribution is 6.30. The number of carbonyl (C=O) groups excluding carboxylic acids is 1. The van der Waals surface area contributed by atoms with Gasteiger partial charge in [-0.1, -0.05) is 11.6 Å². The van der Waals surface area contributed by atoms with Crippen molar-refractivity contribution in [1.29, 1.82) is 0 Å². The first kappa shape index (κ1) is 29.2. The van der Waals surface area contributed by atoms with E-state index in [1.165, 1.54) is 32.4 Å². The lowest BCUT2D eigenvalue weighted by Gasteiger charge is -2.36. The number of carboxylic acid groups (broad SMARTS) is 2. The number of carbonyl (C=O) groups is 3. The molecule has 2 heterocycles. The number of likely N-dealkylation sites (tertiary alicyclic amines) is 1. The number of aromatic carboxylic acids is 1. The molecule has 0 bridgehead atoms. The van der Waals surface area contributed by atoms with Gasteiger partial charge in [0.2, 0.25) is 0 Å². The monoisotopic (exact) mass is 555 g/mol. The molecule has 0 radical (unpaired) electrons. The SMILES string of the molecule is O=C(Nc1ccc(N2CCCC(CN3CCCC3)C2)c(C(=O)O)c1)c1ccc(Cl)cc1.O=C(O)C(F)(F)F. The van der Waals surface area contributed by atoms with Gasteiger partial charge in [-0.15, -0.1) is 0 Å². The Morgan fingerprint density at radius 2 is 1.61 bits per heavy atom. The fraction of sp³-hybridized carbons (Fsp3) is 0.423. The van der Waals surface area contributed by atoms with Crippen LogP contribution in [0.4, 0.5) is 24.5 Å². The number of nitrogens with zero attached hydrogens (tertiary/aromatic N) is 2. The molecule has 0 aliphatic carbocycles. The molecule has 38 heavy (non-hydrogen) atoms. The number of rotatable bonds is 6. The molecule has 3 N–H and O–H groups in total. The van der Waals surface area contributed by atoms with Gasteiger partial charge in [-0.2, -0.15) is 13.2 Å². The molecule has 4 rings (SSSR count). The fourth-order valence-corrected chi connectivity index (χ4v) is 4.75. The largest absolute Gasteiger partial charge is 0.490 e. The van der Waals surface area contributed by atoms with Gasteiger partial charge in [0.05, 0.1) is 11.3 Å². The van der Waals surface area contributed by atoms with Gasteiger partial charge in [-0.25, -0.2) is 9.59 Å². The number of alkyl halides is 3. The van der Waals surface area contributed by atoms with Gasteiger partial charge < -0.3 is 25.3 Å². The molecule has 12 heteroatoms. The quantitative estimate of drug-likeness (QED) is 0.447. The summed E-state index contributed by atoms with van der Waals surface area (Å²) in [5.41, 5.74) is 1.87. The van der Waals surface area contributed by atoms with Gasteiger partial charge in [-0.05, 0) is 87.2 Å². The van der Waals surface area contributed by atoms with E-state index in [4.69, 9.17) is 21.5 Å². The van der Waals surface area contributed by atoms with Crippen LogP contribution in [0.5, 0.6) is 0 Å². The minimum Gasteiger partial charge on any atom is -0.478 e. The van der Waals surface area contributed by atoms with Gasteiger partial charge in [-0.3, -0.25) is 4.79 Å². The standard InChI is InChI=1S/C24H28ClN3O3.C2HF3O2/c25-19-7-5-18(6-8-19)23(29)26-20-9-10-22(21(14-20)24(30)31)28-13-3-4-17(16-28)15-27-11-1-2-12-27;3-2(4,5)1(6)7/h5-10,14,17H,1-4,11-13,15-16H2,(H,26,29)(H,30,31);(H,6,7). The van der Waals surface area contributed by atoms with Gasteiger partial charge in [0.25, 0.3) is 5.91 Å². The van der Waals surface area contributed by atoms with Crippen molar-refractivity contribution in [3.63, 3.8) is 0 Å². The third kappa shape index (κ3) is 8.35. The van der Waals surface area contributed by atoms with E-state index in [9.17, 15) is 27.9 Å². The number of halogens is 4. The maximum Gasteiger partial charge on any atom is 0.490 e. The van der Waals surface area contributed by atoms with E-state index in [1.54, 1.807) is 36.4 Å². The zero-order valence-electron chi connectivity index (χ0n) is 20.5. The van der Waals surface area contributed by atoms with Crippen LogP contribution in [0.15, 0.2) is 42.5 Å². The van der Waals surface area contributed by atoms with Crippen LogP contribution in [0.2, 0.25) is 5.02 Å². The third-order valence-electron chi connectivity index (χ3n) is 6.41. The molecule has 1 atom stereocenters. The van der Waals surface area contributed by atoms with Crippen LogP contribution in [0.1, 0.15) is 46.4 Å². The summed E-state index contributed by atoms with van der Waals surface area (Å²) in [6.07, 6.45) is -0.275. The molecule has 2 aromatic carbocycles. The Morgan fingerprint density at radius 3 is 2.18 bits per heavy atom. The van der Waals surface area contributed by atoms with Gasteiger partial charge in [0.1, 0.15) is 0 Å².